The minimum atomic E-state index is -3.54. The molecule has 0 fully saturated rings. The molecule has 0 unspecified atom stereocenters. The number of nitrogens with one attached hydrogen (secondary N) is 1. The van der Waals surface area contributed by atoms with E-state index < -0.39 is 10.0 Å². The van der Waals surface area contributed by atoms with Crippen LogP contribution in [0.25, 0.3) is 0 Å². The van der Waals surface area contributed by atoms with Gasteiger partial charge in [-0.1, -0.05) is 41.4 Å². The van der Waals surface area contributed by atoms with Crippen molar-refractivity contribution in [2.75, 3.05) is 18.0 Å². The molecule has 0 atom stereocenters. The van der Waals surface area contributed by atoms with Gasteiger partial charge in [0.05, 0.1) is 5.75 Å². The molecule has 0 saturated carbocycles. The zero-order chi connectivity index (χ0) is 18.4. The molecule has 4 nitrogen and oxygen atoms in total. The Morgan fingerprint density at radius 3 is 2.04 bits per heavy atom. The second kappa shape index (κ2) is 8.90. The first-order chi connectivity index (χ1) is 11.9. The molecule has 0 aliphatic carbocycles. The molecule has 0 aliphatic heterocycles. The molecule has 0 amide bonds. The first-order valence-electron chi connectivity index (χ1n) is 8.10. The van der Waals surface area contributed by atoms with Gasteiger partial charge in [-0.3, -0.25) is 0 Å². The molecule has 0 saturated heterocycles. The number of nitrogens with zero attached hydrogens (tertiary/aromatic N) is 1. The molecule has 0 bridgehead atoms. The van der Waals surface area contributed by atoms with Gasteiger partial charge in [-0.25, -0.2) is 13.1 Å². The van der Waals surface area contributed by atoms with E-state index in [0.29, 0.717) is 15.6 Å². The quantitative estimate of drug-likeness (QED) is 0.711. The maximum atomic E-state index is 12.3. The predicted octanol–water partition coefficient (Wildman–Crippen LogP) is 4.46. The van der Waals surface area contributed by atoms with Gasteiger partial charge in [0.25, 0.3) is 0 Å². The summed E-state index contributed by atoms with van der Waals surface area (Å²) in [5.41, 5.74) is 2.43. The fourth-order valence-electron chi connectivity index (χ4n) is 2.52. The maximum absolute atomic E-state index is 12.3. The fourth-order valence-corrected chi connectivity index (χ4v) is 4.39. The SMILES string of the molecule is CCN(CC)c1ccc(CNS(=O)(=O)Cc2c(Cl)cccc2Cl)cc1. The van der Waals surface area contributed by atoms with Gasteiger partial charge < -0.3 is 4.90 Å². The van der Waals surface area contributed by atoms with E-state index in [1.54, 1.807) is 18.2 Å². The van der Waals surface area contributed by atoms with Gasteiger partial charge in [0, 0.05) is 40.9 Å². The molecule has 7 heteroatoms. The van der Waals surface area contributed by atoms with Crippen LogP contribution in [0.3, 0.4) is 0 Å². The highest BCUT2D eigenvalue weighted by atomic mass is 35.5. The van der Waals surface area contributed by atoms with Crippen LogP contribution in [0.5, 0.6) is 0 Å². The van der Waals surface area contributed by atoms with Gasteiger partial charge >= 0.3 is 0 Å². The molecule has 0 aliphatic rings. The summed E-state index contributed by atoms with van der Waals surface area (Å²) in [6.07, 6.45) is 0. The highest BCUT2D eigenvalue weighted by Gasteiger charge is 2.16. The molecule has 0 heterocycles. The summed E-state index contributed by atoms with van der Waals surface area (Å²) in [5.74, 6) is -0.247. The lowest BCUT2D eigenvalue weighted by molar-refractivity contribution is 0.580. The van der Waals surface area contributed by atoms with Crippen molar-refractivity contribution in [2.24, 2.45) is 0 Å². The van der Waals surface area contributed by atoms with Crippen LogP contribution in [-0.4, -0.2) is 21.5 Å². The topological polar surface area (TPSA) is 49.4 Å². The van der Waals surface area contributed by atoms with E-state index in [1.165, 1.54) is 0 Å². The third-order valence-corrected chi connectivity index (χ3v) is 5.92. The van der Waals surface area contributed by atoms with Crippen molar-refractivity contribution in [3.63, 3.8) is 0 Å². The molecular formula is C18H22Cl2N2O2S. The highest BCUT2D eigenvalue weighted by molar-refractivity contribution is 7.88. The van der Waals surface area contributed by atoms with Crippen LogP contribution in [0.2, 0.25) is 10.0 Å². The first-order valence-corrected chi connectivity index (χ1v) is 10.5. The molecule has 1 N–H and O–H groups in total. The van der Waals surface area contributed by atoms with Crippen LogP contribution in [0.4, 0.5) is 5.69 Å². The molecule has 2 aromatic carbocycles. The average Bonchev–Trinajstić information content (AvgIpc) is 2.59. The summed E-state index contributed by atoms with van der Waals surface area (Å²) in [4.78, 5) is 2.23. The Bertz CT molecular complexity index is 784. The second-order valence-electron chi connectivity index (χ2n) is 5.62. The lowest BCUT2D eigenvalue weighted by atomic mass is 10.2. The van der Waals surface area contributed by atoms with E-state index in [1.807, 2.05) is 24.3 Å². The molecule has 2 aromatic rings. The minimum Gasteiger partial charge on any atom is -0.372 e. The highest BCUT2D eigenvalue weighted by Crippen LogP contribution is 2.26. The van der Waals surface area contributed by atoms with Crippen molar-refractivity contribution in [2.45, 2.75) is 26.1 Å². The van der Waals surface area contributed by atoms with E-state index in [9.17, 15) is 8.42 Å². The van der Waals surface area contributed by atoms with E-state index in [2.05, 4.69) is 23.5 Å². The summed E-state index contributed by atoms with van der Waals surface area (Å²) in [7, 11) is -3.54. The maximum Gasteiger partial charge on any atom is 0.216 e. The Hall–Kier alpha value is -1.27. The lowest BCUT2D eigenvalue weighted by Gasteiger charge is -2.21. The van der Waals surface area contributed by atoms with Gasteiger partial charge in [0.2, 0.25) is 10.0 Å². The third kappa shape index (κ3) is 5.61. The first kappa shape index (κ1) is 20.0. The molecule has 136 valence electrons. The van der Waals surface area contributed by atoms with Crippen LogP contribution in [0, 0.1) is 0 Å². The zero-order valence-corrected chi connectivity index (χ0v) is 16.6. The van der Waals surface area contributed by atoms with E-state index in [4.69, 9.17) is 23.2 Å². The van der Waals surface area contributed by atoms with Gasteiger partial charge in [0.1, 0.15) is 0 Å². The van der Waals surface area contributed by atoms with E-state index >= 15 is 0 Å². The number of rotatable bonds is 8. The Morgan fingerprint density at radius 1 is 0.960 bits per heavy atom. The van der Waals surface area contributed by atoms with Crippen LogP contribution in [-0.2, 0) is 22.3 Å². The largest absolute Gasteiger partial charge is 0.372 e. The molecule has 2 rings (SSSR count). The van der Waals surface area contributed by atoms with Crippen molar-refractivity contribution in [1.29, 1.82) is 0 Å². The second-order valence-corrected chi connectivity index (χ2v) is 8.24. The summed E-state index contributed by atoms with van der Waals surface area (Å²) in [6.45, 7) is 6.29. The Labute approximate surface area is 159 Å². The van der Waals surface area contributed by atoms with Crippen molar-refractivity contribution in [1.82, 2.24) is 4.72 Å². The van der Waals surface area contributed by atoms with Crippen molar-refractivity contribution < 1.29 is 8.42 Å². The van der Waals surface area contributed by atoms with Gasteiger partial charge in [-0.15, -0.1) is 0 Å². The Morgan fingerprint density at radius 2 is 1.52 bits per heavy atom. The molecule has 0 aromatic heterocycles. The van der Waals surface area contributed by atoms with Crippen molar-refractivity contribution in [3.8, 4) is 0 Å². The summed E-state index contributed by atoms with van der Waals surface area (Å²) in [5, 5.41) is 0.697. The Kier molecular flexibility index (Phi) is 7.14. The summed E-state index contributed by atoms with van der Waals surface area (Å²) < 4.78 is 27.2. The van der Waals surface area contributed by atoms with Crippen molar-refractivity contribution >= 4 is 38.9 Å². The van der Waals surface area contributed by atoms with Gasteiger partial charge in [-0.2, -0.15) is 0 Å². The third-order valence-electron chi connectivity index (χ3n) is 3.96. The van der Waals surface area contributed by atoms with Gasteiger partial charge in [-0.05, 0) is 43.7 Å². The number of sulfonamides is 1. The normalized spacial score (nSPS) is 11.5. The van der Waals surface area contributed by atoms with Crippen LogP contribution < -0.4 is 9.62 Å². The standard InChI is InChI=1S/C18H22Cl2N2O2S/c1-3-22(4-2)15-10-8-14(9-11-15)12-21-25(23,24)13-16-17(19)6-5-7-18(16)20/h5-11,21H,3-4,12-13H2,1-2H3. The monoisotopic (exact) mass is 400 g/mol. The number of anilines is 1. The molecular weight excluding hydrogens is 379 g/mol. The van der Waals surface area contributed by atoms with Gasteiger partial charge in [0.15, 0.2) is 0 Å². The fraction of sp³-hybridized carbons (Fsp3) is 0.333. The van der Waals surface area contributed by atoms with Crippen molar-refractivity contribution in [3.05, 3.63) is 63.6 Å². The zero-order valence-electron chi connectivity index (χ0n) is 14.3. The number of halogens is 2. The smallest absolute Gasteiger partial charge is 0.216 e. The molecule has 0 spiro atoms. The predicted molar refractivity (Wildman–Crippen MR) is 106 cm³/mol. The Balaban J connectivity index is 2.02. The lowest BCUT2D eigenvalue weighted by Crippen LogP contribution is -2.25. The van der Waals surface area contributed by atoms with Crippen LogP contribution in [0.1, 0.15) is 25.0 Å². The van der Waals surface area contributed by atoms with E-state index in [-0.39, 0.29) is 12.3 Å². The van der Waals surface area contributed by atoms with E-state index in [0.717, 1.165) is 24.3 Å². The van der Waals surface area contributed by atoms with Crippen LogP contribution in [0.15, 0.2) is 42.5 Å². The number of hydrogen-bond donors (Lipinski definition) is 1. The van der Waals surface area contributed by atoms with Crippen LogP contribution >= 0.6 is 23.2 Å². The number of benzene rings is 2. The molecule has 25 heavy (non-hydrogen) atoms. The number of hydrogen-bond acceptors (Lipinski definition) is 3. The summed E-state index contributed by atoms with van der Waals surface area (Å²) >= 11 is 12.1. The minimum absolute atomic E-state index is 0.225. The molecule has 0 radical (unpaired) electrons. The average molecular weight is 401 g/mol. The summed E-state index contributed by atoms with van der Waals surface area (Å²) in [6, 6.07) is 12.8.